The summed E-state index contributed by atoms with van der Waals surface area (Å²) < 4.78 is 0. The maximum atomic E-state index is 4.63. The zero-order chi connectivity index (χ0) is 13.9. The summed E-state index contributed by atoms with van der Waals surface area (Å²) in [7, 11) is 2.10. The molecule has 3 nitrogen and oxygen atoms in total. The van der Waals surface area contributed by atoms with Crippen LogP contribution in [0.15, 0.2) is 34.7 Å². The van der Waals surface area contributed by atoms with Crippen LogP contribution < -0.4 is 5.32 Å². The van der Waals surface area contributed by atoms with Crippen LogP contribution in [0.2, 0.25) is 0 Å². The Morgan fingerprint density at radius 2 is 2.30 bits per heavy atom. The van der Waals surface area contributed by atoms with Gasteiger partial charge >= 0.3 is 0 Å². The lowest BCUT2D eigenvalue weighted by molar-refractivity contribution is 0.487. The molecule has 0 radical (unpaired) electrons. The van der Waals surface area contributed by atoms with E-state index in [1.165, 1.54) is 4.88 Å². The van der Waals surface area contributed by atoms with Crippen LogP contribution in [0.25, 0.3) is 0 Å². The highest BCUT2D eigenvalue weighted by molar-refractivity contribution is 14.0. The number of guanidine groups is 1. The Hall–Kier alpha value is -0.560. The number of hydrogen-bond acceptors (Lipinski definition) is 2. The highest BCUT2D eigenvalue weighted by Crippen LogP contribution is 2.09. The molecule has 5 heteroatoms. The van der Waals surface area contributed by atoms with Gasteiger partial charge in [0, 0.05) is 31.6 Å². The summed E-state index contributed by atoms with van der Waals surface area (Å²) in [6.45, 7) is 6.90. The molecule has 114 valence electrons. The average molecular weight is 407 g/mol. The van der Waals surface area contributed by atoms with E-state index in [4.69, 9.17) is 0 Å². The molecule has 1 aromatic rings. The average Bonchev–Trinajstić information content (AvgIpc) is 2.93. The first-order chi connectivity index (χ1) is 9.27. The minimum atomic E-state index is 0. The number of likely N-dealkylation sites (N-methyl/N-ethyl adjacent to an activating group) is 1. The largest absolute Gasteiger partial charge is 0.357 e. The van der Waals surface area contributed by atoms with Gasteiger partial charge in [-0.25, -0.2) is 0 Å². The molecule has 0 spiro atoms. The van der Waals surface area contributed by atoms with E-state index in [0.717, 1.165) is 38.4 Å². The van der Waals surface area contributed by atoms with Gasteiger partial charge in [-0.3, -0.25) is 4.99 Å². The Bertz CT molecular complexity index is 388. The molecule has 0 bridgehead atoms. The molecule has 0 fully saturated rings. The van der Waals surface area contributed by atoms with E-state index in [-0.39, 0.29) is 24.0 Å². The van der Waals surface area contributed by atoms with Crippen molar-refractivity contribution in [2.75, 3.05) is 26.7 Å². The highest BCUT2D eigenvalue weighted by atomic mass is 127. The van der Waals surface area contributed by atoms with Crippen molar-refractivity contribution in [3.8, 4) is 0 Å². The lowest BCUT2D eigenvalue weighted by atomic mass is 10.3. The smallest absolute Gasteiger partial charge is 0.193 e. The molecule has 0 unspecified atom stereocenters. The first-order valence-electron chi connectivity index (χ1n) is 6.91. The van der Waals surface area contributed by atoms with Crippen LogP contribution in [0.3, 0.4) is 0 Å². The van der Waals surface area contributed by atoms with Crippen molar-refractivity contribution in [2.24, 2.45) is 4.99 Å². The van der Waals surface area contributed by atoms with Gasteiger partial charge in [0.15, 0.2) is 5.96 Å². The molecule has 0 amide bonds. The van der Waals surface area contributed by atoms with Gasteiger partial charge in [-0.05, 0) is 38.1 Å². The Balaban J connectivity index is 0.00000361. The number of nitrogens with zero attached hydrogens (tertiary/aromatic N) is 2. The van der Waals surface area contributed by atoms with Gasteiger partial charge < -0.3 is 10.2 Å². The zero-order valence-electron chi connectivity index (χ0n) is 12.6. The summed E-state index contributed by atoms with van der Waals surface area (Å²) in [5, 5.41) is 5.48. The minimum Gasteiger partial charge on any atom is -0.357 e. The first-order valence-corrected chi connectivity index (χ1v) is 7.78. The Morgan fingerprint density at radius 1 is 1.50 bits per heavy atom. The van der Waals surface area contributed by atoms with Crippen LogP contribution in [0.1, 0.15) is 25.1 Å². The fraction of sp³-hybridized carbons (Fsp3) is 0.533. The third kappa shape index (κ3) is 7.89. The fourth-order valence-corrected chi connectivity index (χ4v) is 2.42. The number of rotatable bonds is 7. The summed E-state index contributed by atoms with van der Waals surface area (Å²) in [5.41, 5.74) is 0. The van der Waals surface area contributed by atoms with E-state index in [9.17, 15) is 0 Å². The summed E-state index contributed by atoms with van der Waals surface area (Å²) >= 11 is 1.82. The van der Waals surface area contributed by atoms with E-state index in [1.54, 1.807) is 0 Å². The van der Waals surface area contributed by atoms with Gasteiger partial charge in [-0.2, -0.15) is 0 Å². The van der Waals surface area contributed by atoms with E-state index < -0.39 is 0 Å². The Labute approximate surface area is 144 Å². The fourth-order valence-electron chi connectivity index (χ4n) is 1.72. The number of halogens is 1. The van der Waals surface area contributed by atoms with Crippen molar-refractivity contribution in [1.82, 2.24) is 10.2 Å². The molecular weight excluding hydrogens is 381 g/mol. The number of aliphatic imine (C=N–C) groups is 1. The van der Waals surface area contributed by atoms with Crippen LogP contribution in [-0.4, -0.2) is 37.5 Å². The van der Waals surface area contributed by atoms with E-state index in [0.29, 0.717) is 0 Å². The summed E-state index contributed by atoms with van der Waals surface area (Å²) in [6, 6.07) is 4.30. The van der Waals surface area contributed by atoms with E-state index in [2.05, 4.69) is 58.8 Å². The first kappa shape index (κ1) is 19.4. The monoisotopic (exact) mass is 407 g/mol. The van der Waals surface area contributed by atoms with Crippen LogP contribution in [-0.2, 0) is 6.42 Å². The van der Waals surface area contributed by atoms with Crippen molar-refractivity contribution in [3.63, 3.8) is 0 Å². The highest BCUT2D eigenvalue weighted by Gasteiger charge is 2.05. The molecule has 0 saturated heterocycles. The molecule has 0 aliphatic carbocycles. The molecule has 20 heavy (non-hydrogen) atoms. The second-order valence-corrected chi connectivity index (χ2v) is 5.38. The van der Waals surface area contributed by atoms with Gasteiger partial charge in [0.25, 0.3) is 0 Å². The maximum Gasteiger partial charge on any atom is 0.193 e. The second-order valence-electron chi connectivity index (χ2n) is 4.34. The van der Waals surface area contributed by atoms with Crippen molar-refractivity contribution in [1.29, 1.82) is 0 Å². The molecule has 0 saturated carbocycles. The third-order valence-corrected chi connectivity index (χ3v) is 3.70. The van der Waals surface area contributed by atoms with Gasteiger partial charge in [0.05, 0.1) is 0 Å². The Kier molecular flexibility index (Phi) is 11.9. The van der Waals surface area contributed by atoms with Crippen molar-refractivity contribution < 1.29 is 0 Å². The quantitative estimate of drug-likeness (QED) is 0.245. The molecule has 0 aliphatic heterocycles. The van der Waals surface area contributed by atoms with Gasteiger partial charge in [0.1, 0.15) is 0 Å². The van der Waals surface area contributed by atoms with Crippen molar-refractivity contribution >= 4 is 41.3 Å². The lowest BCUT2D eigenvalue weighted by Gasteiger charge is -2.21. The number of allylic oxidation sites excluding steroid dienone is 1. The minimum absolute atomic E-state index is 0. The van der Waals surface area contributed by atoms with Crippen LogP contribution in [0.5, 0.6) is 0 Å². The lowest BCUT2D eigenvalue weighted by Crippen LogP contribution is -2.40. The normalized spacial score (nSPS) is 11.4. The predicted molar refractivity (Wildman–Crippen MR) is 101 cm³/mol. The summed E-state index contributed by atoms with van der Waals surface area (Å²) in [4.78, 5) is 8.27. The van der Waals surface area contributed by atoms with Gasteiger partial charge in [0.2, 0.25) is 0 Å². The van der Waals surface area contributed by atoms with Crippen LogP contribution >= 0.6 is 35.3 Å². The second kappa shape index (κ2) is 12.2. The van der Waals surface area contributed by atoms with Crippen molar-refractivity contribution in [3.05, 3.63) is 34.5 Å². The standard InChI is InChI=1S/C15H25N3S.HI/c1-4-6-7-11-17-15(16-5-2)18(3)12-10-14-9-8-13-19-14;/h4,6,8-9,13H,5,7,10-12H2,1-3H3,(H,16,17);1H/b6-4+;. The summed E-state index contributed by atoms with van der Waals surface area (Å²) in [6.07, 6.45) is 6.30. The van der Waals surface area contributed by atoms with Gasteiger partial charge in [-0.15, -0.1) is 35.3 Å². The van der Waals surface area contributed by atoms with Crippen molar-refractivity contribution in [2.45, 2.75) is 26.7 Å². The topological polar surface area (TPSA) is 27.6 Å². The molecule has 1 rings (SSSR count). The molecule has 0 atom stereocenters. The maximum absolute atomic E-state index is 4.63. The molecule has 1 heterocycles. The molecule has 1 aromatic heterocycles. The molecule has 0 aromatic carbocycles. The zero-order valence-corrected chi connectivity index (χ0v) is 15.8. The van der Waals surface area contributed by atoms with E-state index >= 15 is 0 Å². The van der Waals surface area contributed by atoms with Crippen LogP contribution in [0.4, 0.5) is 0 Å². The summed E-state index contributed by atoms with van der Waals surface area (Å²) in [5.74, 6) is 1.00. The molecule has 0 aliphatic rings. The third-order valence-electron chi connectivity index (χ3n) is 2.76. The van der Waals surface area contributed by atoms with Crippen LogP contribution in [0, 0.1) is 0 Å². The molecular formula is C15H26IN3S. The number of hydrogen-bond donors (Lipinski definition) is 1. The molecule has 1 N–H and O–H groups in total. The number of nitrogens with one attached hydrogen (secondary N) is 1. The van der Waals surface area contributed by atoms with Gasteiger partial charge in [-0.1, -0.05) is 18.2 Å². The van der Waals surface area contributed by atoms with E-state index in [1.807, 2.05) is 18.3 Å². The number of thiophene rings is 1. The predicted octanol–water partition coefficient (Wildman–Crippen LogP) is 3.77. The Morgan fingerprint density at radius 3 is 2.90 bits per heavy atom. The SMILES string of the molecule is C/C=C/CCN=C(NCC)N(C)CCc1cccs1.I.